The number of ether oxygens (including phenoxy) is 2. The van der Waals surface area contributed by atoms with Gasteiger partial charge in [0.2, 0.25) is 0 Å². The number of carbonyl (C=O) groups excluding carboxylic acids is 2. The molecule has 3 rings (SSSR count). The predicted molar refractivity (Wildman–Crippen MR) is 110 cm³/mol. The Labute approximate surface area is 167 Å². The van der Waals surface area contributed by atoms with Gasteiger partial charge in [-0.05, 0) is 54.6 Å². The van der Waals surface area contributed by atoms with Gasteiger partial charge in [-0.1, -0.05) is 30.3 Å². The fourth-order valence-corrected chi connectivity index (χ4v) is 3.41. The minimum Gasteiger partial charge on any atom is -0.482 e. The van der Waals surface area contributed by atoms with Crippen LogP contribution in [0, 0.1) is 0 Å². The predicted octanol–water partition coefficient (Wildman–Crippen LogP) is 3.86. The number of thioether (sulfide) groups is 1. The molecule has 6 nitrogen and oxygen atoms in total. The first-order valence-corrected chi connectivity index (χ1v) is 9.58. The molecule has 1 aliphatic heterocycles. The molecule has 0 N–H and O–H groups in total. The fraction of sp³-hybridized carbons (Fsp3) is 0.190. The van der Waals surface area contributed by atoms with E-state index in [2.05, 4.69) is 4.99 Å². The van der Waals surface area contributed by atoms with E-state index >= 15 is 0 Å². The number of rotatable bonds is 6. The van der Waals surface area contributed by atoms with Crippen LogP contribution in [0.4, 0.5) is 5.69 Å². The summed E-state index contributed by atoms with van der Waals surface area (Å²) in [5.74, 6) is 0.0567. The second kappa shape index (κ2) is 9.23. The molecule has 1 aliphatic rings. The molecule has 0 radical (unpaired) electrons. The van der Waals surface area contributed by atoms with Crippen LogP contribution in [-0.2, 0) is 14.3 Å². The molecule has 0 aliphatic carbocycles. The summed E-state index contributed by atoms with van der Waals surface area (Å²) in [7, 11) is 1.71. The van der Waals surface area contributed by atoms with Gasteiger partial charge in [-0.3, -0.25) is 9.69 Å². The van der Waals surface area contributed by atoms with Gasteiger partial charge >= 0.3 is 5.97 Å². The molecule has 0 bridgehead atoms. The van der Waals surface area contributed by atoms with Crippen LogP contribution < -0.4 is 4.74 Å². The quantitative estimate of drug-likeness (QED) is 0.548. The number of aliphatic imine (C=N–C) groups is 1. The van der Waals surface area contributed by atoms with Gasteiger partial charge in [0.05, 0.1) is 17.2 Å². The third-order valence-corrected chi connectivity index (χ3v) is 4.88. The van der Waals surface area contributed by atoms with Crippen LogP contribution in [0.25, 0.3) is 6.08 Å². The van der Waals surface area contributed by atoms with Crippen molar-refractivity contribution in [3.63, 3.8) is 0 Å². The molecule has 28 heavy (non-hydrogen) atoms. The van der Waals surface area contributed by atoms with Gasteiger partial charge in [0, 0.05) is 7.05 Å². The lowest BCUT2D eigenvalue weighted by Gasteiger charge is -2.07. The van der Waals surface area contributed by atoms with E-state index in [0.29, 0.717) is 22.4 Å². The SMILES string of the molecule is CCOC(=O)COc1ccc(/C=C2/SC(=Nc3ccccc3)N(C)C2=O)cc1. The van der Waals surface area contributed by atoms with E-state index < -0.39 is 5.97 Å². The number of esters is 1. The van der Waals surface area contributed by atoms with Crippen molar-refractivity contribution in [1.82, 2.24) is 4.90 Å². The molecule has 0 unspecified atom stereocenters. The second-order valence-electron chi connectivity index (χ2n) is 5.87. The average Bonchev–Trinajstić information content (AvgIpc) is 2.96. The van der Waals surface area contributed by atoms with Gasteiger partial charge in [-0.15, -0.1) is 0 Å². The molecule has 1 fully saturated rings. The minimum absolute atomic E-state index is 0.0951. The molecule has 0 saturated carbocycles. The number of carbonyl (C=O) groups is 2. The van der Waals surface area contributed by atoms with Crippen molar-refractivity contribution in [2.24, 2.45) is 4.99 Å². The van der Waals surface area contributed by atoms with Crippen LogP contribution >= 0.6 is 11.8 Å². The smallest absolute Gasteiger partial charge is 0.344 e. The molecule has 1 heterocycles. The van der Waals surface area contributed by atoms with Crippen molar-refractivity contribution in [3.8, 4) is 5.75 Å². The summed E-state index contributed by atoms with van der Waals surface area (Å²) in [6.07, 6.45) is 1.81. The van der Waals surface area contributed by atoms with Gasteiger partial charge in [0.15, 0.2) is 11.8 Å². The van der Waals surface area contributed by atoms with Crippen molar-refractivity contribution in [3.05, 3.63) is 65.1 Å². The summed E-state index contributed by atoms with van der Waals surface area (Å²) in [4.78, 5) is 30.5. The summed E-state index contributed by atoms with van der Waals surface area (Å²) < 4.78 is 10.2. The Balaban J connectivity index is 1.68. The lowest BCUT2D eigenvalue weighted by molar-refractivity contribution is -0.145. The Kier molecular flexibility index (Phi) is 6.49. The summed E-state index contributed by atoms with van der Waals surface area (Å²) >= 11 is 1.34. The first-order chi connectivity index (χ1) is 13.6. The second-order valence-corrected chi connectivity index (χ2v) is 6.88. The Bertz CT molecular complexity index is 908. The number of amides is 1. The zero-order valence-corrected chi connectivity index (χ0v) is 16.4. The number of amidine groups is 1. The minimum atomic E-state index is -0.407. The van der Waals surface area contributed by atoms with E-state index in [4.69, 9.17) is 9.47 Å². The number of hydrogen-bond acceptors (Lipinski definition) is 6. The number of benzene rings is 2. The number of para-hydroxylation sites is 1. The zero-order valence-electron chi connectivity index (χ0n) is 15.6. The van der Waals surface area contributed by atoms with E-state index in [0.717, 1.165) is 11.3 Å². The van der Waals surface area contributed by atoms with Crippen LogP contribution in [0.3, 0.4) is 0 Å². The molecular weight excluding hydrogens is 376 g/mol. The van der Waals surface area contributed by atoms with Crippen molar-refractivity contribution in [1.29, 1.82) is 0 Å². The maximum Gasteiger partial charge on any atom is 0.344 e. The first kappa shape index (κ1) is 19.7. The van der Waals surface area contributed by atoms with E-state index in [9.17, 15) is 9.59 Å². The number of hydrogen-bond donors (Lipinski definition) is 0. The molecule has 2 aromatic carbocycles. The molecule has 144 valence electrons. The normalized spacial score (nSPS) is 16.6. The highest BCUT2D eigenvalue weighted by atomic mass is 32.2. The largest absolute Gasteiger partial charge is 0.482 e. The summed E-state index contributed by atoms with van der Waals surface area (Å²) in [6.45, 7) is 1.94. The Morgan fingerprint density at radius 2 is 1.86 bits per heavy atom. The molecule has 0 aromatic heterocycles. The Morgan fingerprint density at radius 3 is 2.54 bits per heavy atom. The van der Waals surface area contributed by atoms with Crippen molar-refractivity contribution in [2.45, 2.75) is 6.92 Å². The standard InChI is InChI=1S/C21H20N2O4S/c1-3-26-19(24)14-27-17-11-9-15(10-12-17)13-18-20(25)23(2)21(28-18)22-16-7-5-4-6-8-16/h4-13H,3,14H2,1-2H3/b18-13+,22-21?. The molecule has 0 spiro atoms. The lowest BCUT2D eigenvalue weighted by Crippen LogP contribution is -2.23. The molecule has 7 heteroatoms. The van der Waals surface area contributed by atoms with Crippen LogP contribution in [-0.4, -0.2) is 42.2 Å². The Morgan fingerprint density at radius 1 is 1.14 bits per heavy atom. The fourth-order valence-electron chi connectivity index (χ4n) is 2.42. The monoisotopic (exact) mass is 396 g/mol. The summed E-state index contributed by atoms with van der Waals surface area (Å²) in [6, 6.07) is 16.7. The topological polar surface area (TPSA) is 68.2 Å². The molecular formula is C21H20N2O4S. The van der Waals surface area contributed by atoms with Gasteiger partial charge in [0.1, 0.15) is 5.75 Å². The van der Waals surface area contributed by atoms with Crippen LogP contribution in [0.15, 0.2) is 64.5 Å². The molecule has 1 amide bonds. The van der Waals surface area contributed by atoms with Gasteiger partial charge in [-0.25, -0.2) is 9.79 Å². The van der Waals surface area contributed by atoms with Crippen molar-refractivity contribution in [2.75, 3.05) is 20.3 Å². The van der Waals surface area contributed by atoms with Gasteiger partial charge < -0.3 is 9.47 Å². The third kappa shape index (κ3) is 5.01. The lowest BCUT2D eigenvalue weighted by atomic mass is 10.2. The van der Waals surface area contributed by atoms with Crippen LogP contribution in [0.1, 0.15) is 12.5 Å². The summed E-state index contributed by atoms with van der Waals surface area (Å²) in [5.41, 5.74) is 1.66. The molecule has 0 atom stereocenters. The van der Waals surface area contributed by atoms with Crippen molar-refractivity contribution < 1.29 is 19.1 Å². The summed E-state index contributed by atoms with van der Waals surface area (Å²) in [5, 5.41) is 0.636. The first-order valence-electron chi connectivity index (χ1n) is 8.76. The number of nitrogens with zero attached hydrogens (tertiary/aromatic N) is 2. The highest BCUT2D eigenvalue weighted by molar-refractivity contribution is 8.18. The Hall–Kier alpha value is -3.06. The highest BCUT2D eigenvalue weighted by Crippen LogP contribution is 2.33. The average molecular weight is 396 g/mol. The van der Waals surface area contributed by atoms with E-state index in [1.807, 2.05) is 48.5 Å². The molecule has 2 aromatic rings. The van der Waals surface area contributed by atoms with Crippen LogP contribution in [0.2, 0.25) is 0 Å². The van der Waals surface area contributed by atoms with Crippen LogP contribution in [0.5, 0.6) is 5.75 Å². The zero-order chi connectivity index (χ0) is 19.9. The van der Waals surface area contributed by atoms with Gasteiger partial charge in [0.25, 0.3) is 5.91 Å². The highest BCUT2D eigenvalue weighted by Gasteiger charge is 2.30. The van der Waals surface area contributed by atoms with Crippen molar-refractivity contribution >= 4 is 40.6 Å². The number of likely N-dealkylation sites (N-methyl/N-ethyl adjacent to an activating group) is 1. The van der Waals surface area contributed by atoms with E-state index in [1.54, 1.807) is 31.0 Å². The molecule has 1 saturated heterocycles. The maximum absolute atomic E-state index is 12.5. The third-order valence-electron chi connectivity index (χ3n) is 3.82. The van der Waals surface area contributed by atoms with E-state index in [-0.39, 0.29) is 12.5 Å². The van der Waals surface area contributed by atoms with Gasteiger partial charge in [-0.2, -0.15) is 0 Å². The van der Waals surface area contributed by atoms with E-state index in [1.165, 1.54) is 11.8 Å². The maximum atomic E-state index is 12.5.